The third-order valence-electron chi connectivity index (χ3n) is 1.55. The lowest BCUT2D eigenvalue weighted by Gasteiger charge is -2.22. The SMILES string of the molecule is C#CCCNCC(C)(C)OC. The highest BCUT2D eigenvalue weighted by Gasteiger charge is 2.14. The van der Waals surface area contributed by atoms with Crippen LogP contribution in [-0.4, -0.2) is 25.8 Å². The smallest absolute Gasteiger partial charge is 0.0746 e. The summed E-state index contributed by atoms with van der Waals surface area (Å²) in [5.74, 6) is 2.57. The van der Waals surface area contributed by atoms with Gasteiger partial charge in [0, 0.05) is 26.6 Å². The number of hydrogen-bond donors (Lipinski definition) is 1. The molecule has 1 N–H and O–H groups in total. The lowest BCUT2D eigenvalue weighted by molar-refractivity contribution is 0.0236. The number of rotatable bonds is 5. The van der Waals surface area contributed by atoms with Gasteiger partial charge in [-0.25, -0.2) is 0 Å². The van der Waals surface area contributed by atoms with Crippen LogP contribution in [0.5, 0.6) is 0 Å². The Hall–Kier alpha value is -0.520. The summed E-state index contributed by atoms with van der Waals surface area (Å²) in [5.41, 5.74) is -0.0887. The van der Waals surface area contributed by atoms with Crippen molar-refractivity contribution in [1.29, 1.82) is 0 Å². The van der Waals surface area contributed by atoms with Crippen molar-refractivity contribution in [3.8, 4) is 12.3 Å². The maximum atomic E-state index is 5.20. The largest absolute Gasteiger partial charge is 0.377 e. The molecule has 2 heteroatoms. The Kier molecular flexibility index (Phi) is 4.93. The lowest BCUT2D eigenvalue weighted by atomic mass is 10.1. The Morgan fingerprint density at radius 3 is 2.64 bits per heavy atom. The molecule has 0 bridgehead atoms. The van der Waals surface area contributed by atoms with E-state index in [2.05, 4.69) is 11.2 Å². The van der Waals surface area contributed by atoms with E-state index in [4.69, 9.17) is 11.2 Å². The van der Waals surface area contributed by atoms with Gasteiger partial charge in [-0.15, -0.1) is 12.3 Å². The van der Waals surface area contributed by atoms with Crippen molar-refractivity contribution in [2.75, 3.05) is 20.2 Å². The van der Waals surface area contributed by atoms with E-state index in [1.807, 2.05) is 13.8 Å². The fraction of sp³-hybridized carbons (Fsp3) is 0.778. The Morgan fingerprint density at radius 1 is 1.55 bits per heavy atom. The number of methoxy groups -OCH3 is 1. The van der Waals surface area contributed by atoms with Crippen LogP contribution in [0.3, 0.4) is 0 Å². The van der Waals surface area contributed by atoms with Crippen LogP contribution in [0.15, 0.2) is 0 Å². The molecule has 0 atom stereocenters. The zero-order valence-electron chi connectivity index (χ0n) is 7.61. The predicted molar refractivity (Wildman–Crippen MR) is 47.4 cm³/mol. The van der Waals surface area contributed by atoms with Crippen molar-refractivity contribution in [1.82, 2.24) is 5.32 Å². The number of hydrogen-bond acceptors (Lipinski definition) is 2. The molecular formula is C9H17NO. The summed E-state index contributed by atoms with van der Waals surface area (Å²) in [5, 5.41) is 3.21. The van der Waals surface area contributed by atoms with Gasteiger partial charge in [-0.3, -0.25) is 0 Å². The molecule has 0 saturated heterocycles. The second kappa shape index (κ2) is 5.17. The van der Waals surface area contributed by atoms with Gasteiger partial charge in [-0.2, -0.15) is 0 Å². The first-order chi connectivity index (χ1) is 5.12. The normalized spacial score (nSPS) is 11.1. The lowest BCUT2D eigenvalue weighted by Crippen LogP contribution is -2.37. The molecule has 0 spiro atoms. The average molecular weight is 155 g/mol. The van der Waals surface area contributed by atoms with Crippen molar-refractivity contribution in [2.24, 2.45) is 0 Å². The highest BCUT2D eigenvalue weighted by Crippen LogP contribution is 2.04. The Morgan fingerprint density at radius 2 is 2.18 bits per heavy atom. The molecule has 0 unspecified atom stereocenters. The summed E-state index contributed by atoms with van der Waals surface area (Å²) >= 11 is 0. The zero-order valence-corrected chi connectivity index (χ0v) is 7.61. The molecule has 0 rings (SSSR count). The van der Waals surface area contributed by atoms with Gasteiger partial charge in [0.15, 0.2) is 0 Å². The molecule has 0 radical (unpaired) electrons. The van der Waals surface area contributed by atoms with Gasteiger partial charge in [0.05, 0.1) is 5.60 Å². The van der Waals surface area contributed by atoms with E-state index in [-0.39, 0.29) is 5.60 Å². The van der Waals surface area contributed by atoms with Crippen LogP contribution >= 0.6 is 0 Å². The van der Waals surface area contributed by atoms with Gasteiger partial charge >= 0.3 is 0 Å². The van der Waals surface area contributed by atoms with Crippen molar-refractivity contribution in [3.63, 3.8) is 0 Å². The van der Waals surface area contributed by atoms with E-state index in [0.29, 0.717) is 0 Å². The molecule has 0 aromatic heterocycles. The Bertz CT molecular complexity index is 135. The summed E-state index contributed by atoms with van der Waals surface area (Å²) in [7, 11) is 1.71. The molecule has 64 valence electrons. The molecule has 0 aliphatic heterocycles. The van der Waals surface area contributed by atoms with Crippen LogP contribution in [0, 0.1) is 12.3 Å². The summed E-state index contributed by atoms with van der Waals surface area (Å²) in [6.45, 7) is 5.78. The fourth-order valence-corrected chi connectivity index (χ4v) is 0.622. The first-order valence-electron chi connectivity index (χ1n) is 3.82. The highest BCUT2D eigenvalue weighted by atomic mass is 16.5. The molecule has 0 saturated carbocycles. The van der Waals surface area contributed by atoms with Crippen molar-refractivity contribution >= 4 is 0 Å². The molecule has 0 aliphatic carbocycles. The highest BCUT2D eigenvalue weighted by molar-refractivity contribution is 4.84. The topological polar surface area (TPSA) is 21.3 Å². The Balaban J connectivity index is 3.32. The third-order valence-corrected chi connectivity index (χ3v) is 1.55. The molecule has 0 aromatic carbocycles. The van der Waals surface area contributed by atoms with E-state index in [0.717, 1.165) is 19.5 Å². The number of terminal acetylenes is 1. The number of ether oxygens (including phenoxy) is 1. The van der Waals surface area contributed by atoms with Crippen LogP contribution < -0.4 is 5.32 Å². The van der Waals surface area contributed by atoms with Crippen molar-refractivity contribution in [2.45, 2.75) is 25.9 Å². The molecule has 0 heterocycles. The predicted octanol–water partition coefficient (Wildman–Crippen LogP) is 1.02. The van der Waals surface area contributed by atoms with Crippen LogP contribution in [0.1, 0.15) is 20.3 Å². The first-order valence-corrected chi connectivity index (χ1v) is 3.82. The maximum Gasteiger partial charge on any atom is 0.0746 e. The molecule has 2 nitrogen and oxygen atoms in total. The van der Waals surface area contributed by atoms with E-state index in [1.54, 1.807) is 7.11 Å². The van der Waals surface area contributed by atoms with Gasteiger partial charge in [-0.1, -0.05) is 0 Å². The van der Waals surface area contributed by atoms with Crippen LogP contribution in [0.2, 0.25) is 0 Å². The average Bonchev–Trinajstić information content (AvgIpc) is 1.99. The van der Waals surface area contributed by atoms with Crippen molar-refractivity contribution in [3.05, 3.63) is 0 Å². The third kappa shape index (κ3) is 5.90. The summed E-state index contributed by atoms with van der Waals surface area (Å²) in [4.78, 5) is 0. The molecule has 0 aromatic rings. The monoisotopic (exact) mass is 155 g/mol. The minimum atomic E-state index is -0.0887. The minimum Gasteiger partial charge on any atom is -0.377 e. The van der Waals surface area contributed by atoms with E-state index in [9.17, 15) is 0 Å². The molecule has 0 aliphatic rings. The molecule has 0 fully saturated rings. The van der Waals surface area contributed by atoms with Crippen molar-refractivity contribution < 1.29 is 4.74 Å². The molecule has 0 amide bonds. The van der Waals surface area contributed by atoms with Gasteiger partial charge in [0.25, 0.3) is 0 Å². The minimum absolute atomic E-state index is 0.0887. The molecular weight excluding hydrogens is 138 g/mol. The van der Waals surface area contributed by atoms with Crippen LogP contribution in [0.25, 0.3) is 0 Å². The standard InChI is InChI=1S/C9H17NO/c1-5-6-7-10-8-9(2,3)11-4/h1,10H,6-8H2,2-4H3. The van der Waals surface area contributed by atoms with E-state index >= 15 is 0 Å². The first kappa shape index (κ1) is 10.5. The number of nitrogens with one attached hydrogen (secondary N) is 1. The van der Waals surface area contributed by atoms with Gasteiger partial charge in [0.2, 0.25) is 0 Å². The summed E-state index contributed by atoms with van der Waals surface area (Å²) < 4.78 is 5.20. The fourth-order valence-electron chi connectivity index (χ4n) is 0.622. The van der Waals surface area contributed by atoms with Gasteiger partial charge in [-0.05, 0) is 13.8 Å². The van der Waals surface area contributed by atoms with Gasteiger partial charge < -0.3 is 10.1 Å². The second-order valence-electron chi connectivity index (χ2n) is 3.09. The second-order valence-corrected chi connectivity index (χ2v) is 3.09. The van der Waals surface area contributed by atoms with Crippen LogP contribution in [-0.2, 0) is 4.74 Å². The summed E-state index contributed by atoms with van der Waals surface area (Å²) in [6.07, 6.45) is 5.87. The maximum absolute atomic E-state index is 5.20. The van der Waals surface area contributed by atoms with Gasteiger partial charge in [0.1, 0.15) is 0 Å². The quantitative estimate of drug-likeness (QED) is 0.473. The zero-order chi connectivity index (χ0) is 8.74. The van der Waals surface area contributed by atoms with Crippen LogP contribution in [0.4, 0.5) is 0 Å². The summed E-state index contributed by atoms with van der Waals surface area (Å²) in [6, 6.07) is 0. The van der Waals surface area contributed by atoms with E-state index < -0.39 is 0 Å². The van der Waals surface area contributed by atoms with E-state index in [1.165, 1.54) is 0 Å². The molecule has 11 heavy (non-hydrogen) atoms. The Labute approximate surface area is 69.3 Å².